The zero-order valence-electron chi connectivity index (χ0n) is 14.8. The smallest absolute Gasteiger partial charge is 0.361 e. The molecule has 1 unspecified atom stereocenters. The minimum atomic E-state index is -1.75. The maximum Gasteiger partial charge on any atom is 0.361 e. The van der Waals surface area contributed by atoms with Crippen LogP contribution in [0.3, 0.4) is 0 Å². The number of allylic oxidation sites excluding steroid dienone is 1. The van der Waals surface area contributed by atoms with Crippen molar-refractivity contribution in [3.8, 4) is 0 Å². The molecule has 26 heavy (non-hydrogen) atoms. The number of anilines is 1. The van der Waals surface area contributed by atoms with E-state index in [-0.39, 0.29) is 5.09 Å². The number of hydrogen-bond acceptors (Lipinski definition) is 3. The number of fused-ring (bicyclic) bond motifs is 2. The van der Waals surface area contributed by atoms with Crippen LogP contribution in [-0.4, -0.2) is 10.6 Å². The maximum atomic E-state index is 12.5. The molecule has 136 valence electrons. The van der Waals surface area contributed by atoms with Crippen molar-refractivity contribution in [2.75, 3.05) is 5.32 Å². The quantitative estimate of drug-likeness (QED) is 0.794. The first-order chi connectivity index (χ1) is 12.5. The predicted molar refractivity (Wildman–Crippen MR) is 102 cm³/mol. The fourth-order valence-corrected chi connectivity index (χ4v) is 4.57. The Bertz CT molecular complexity index is 855. The van der Waals surface area contributed by atoms with E-state index in [2.05, 4.69) is 22.7 Å². The molecule has 0 aliphatic heterocycles. The van der Waals surface area contributed by atoms with Gasteiger partial charge in [-0.25, -0.2) is 4.79 Å². The summed E-state index contributed by atoms with van der Waals surface area (Å²) in [5.74, 6) is 0. The van der Waals surface area contributed by atoms with Crippen LogP contribution in [0.2, 0.25) is 0 Å². The summed E-state index contributed by atoms with van der Waals surface area (Å²) >= 11 is -1.75. The van der Waals surface area contributed by atoms with Gasteiger partial charge >= 0.3 is 11.1 Å². The molecule has 1 aromatic carbocycles. The molecule has 0 saturated heterocycles. The van der Waals surface area contributed by atoms with Crippen LogP contribution in [0, 0.1) is 0 Å². The predicted octanol–water partition coefficient (Wildman–Crippen LogP) is 4.13. The van der Waals surface area contributed by atoms with Crippen LogP contribution in [-0.2, 0) is 37.0 Å². The minimum Gasteiger partial charge on any atom is -0.585 e. The zero-order chi connectivity index (χ0) is 18.3. The van der Waals surface area contributed by atoms with Crippen LogP contribution >= 0.6 is 0 Å². The highest BCUT2D eigenvalue weighted by molar-refractivity contribution is 7.89. The molecular formula is C20H22N2O3S. The van der Waals surface area contributed by atoms with E-state index in [4.69, 9.17) is 4.42 Å². The molecule has 1 aromatic heterocycles. The van der Waals surface area contributed by atoms with E-state index < -0.39 is 17.4 Å². The minimum absolute atomic E-state index is 0.210. The van der Waals surface area contributed by atoms with E-state index in [1.807, 2.05) is 6.92 Å². The second-order valence-corrected chi connectivity index (χ2v) is 8.14. The molecule has 0 spiro atoms. The van der Waals surface area contributed by atoms with E-state index in [0.717, 1.165) is 55.3 Å². The molecule has 4 rings (SSSR count). The molecule has 0 fully saturated rings. The molecule has 2 amide bonds. The van der Waals surface area contributed by atoms with E-state index in [1.54, 1.807) is 6.07 Å². The van der Waals surface area contributed by atoms with Crippen LogP contribution in [0.25, 0.3) is 5.57 Å². The average molecular weight is 370 g/mol. The van der Waals surface area contributed by atoms with Crippen molar-refractivity contribution in [1.29, 1.82) is 0 Å². The zero-order valence-corrected chi connectivity index (χ0v) is 15.6. The second-order valence-electron chi connectivity index (χ2n) is 6.99. The van der Waals surface area contributed by atoms with Crippen LogP contribution in [0.5, 0.6) is 0 Å². The first-order valence-corrected chi connectivity index (χ1v) is 10.1. The van der Waals surface area contributed by atoms with E-state index in [1.165, 1.54) is 28.5 Å². The molecular weight excluding hydrogens is 348 g/mol. The molecule has 1 heterocycles. The lowest BCUT2D eigenvalue weighted by atomic mass is 9.99. The Morgan fingerprint density at radius 3 is 2.38 bits per heavy atom. The van der Waals surface area contributed by atoms with Crippen molar-refractivity contribution < 1.29 is 13.8 Å². The normalized spacial score (nSPS) is 16.1. The molecule has 0 bridgehead atoms. The fourth-order valence-electron chi connectivity index (χ4n) is 3.88. The Morgan fingerprint density at radius 1 is 1.15 bits per heavy atom. The number of nitrogens with one attached hydrogen (secondary N) is 2. The summed E-state index contributed by atoms with van der Waals surface area (Å²) in [5, 5.41) is 3.18. The van der Waals surface area contributed by atoms with Crippen molar-refractivity contribution in [2.24, 2.45) is 0 Å². The molecule has 2 aliphatic carbocycles. The Labute approximate surface area is 156 Å². The number of amides is 2. The molecule has 0 radical (unpaired) electrons. The number of rotatable bonds is 4. The van der Waals surface area contributed by atoms with Crippen LogP contribution in [0.4, 0.5) is 10.5 Å². The molecule has 2 aliphatic rings. The Kier molecular flexibility index (Phi) is 4.54. The Balaban J connectivity index is 1.51. The van der Waals surface area contributed by atoms with Gasteiger partial charge in [0.2, 0.25) is 0 Å². The molecule has 5 nitrogen and oxygen atoms in total. The number of carbonyl (C=O) groups is 1. The molecule has 2 N–H and O–H groups in total. The van der Waals surface area contributed by atoms with Crippen molar-refractivity contribution >= 4 is 28.7 Å². The highest BCUT2D eigenvalue weighted by Gasteiger charge is 2.27. The first kappa shape index (κ1) is 17.2. The van der Waals surface area contributed by atoms with Crippen LogP contribution < -0.4 is 10.0 Å². The standard InChI is InChI=1S/C20H22N2O3S/c1-12(2)15-10-18(25-11-15)26(24)22-20(23)21-19-16-7-3-5-13(16)9-14-6-4-8-17(14)19/h9-11H,1,3-8H2,2H3,(H2,21,22,23). The van der Waals surface area contributed by atoms with Crippen LogP contribution in [0.15, 0.2) is 34.5 Å². The van der Waals surface area contributed by atoms with Crippen molar-refractivity contribution in [1.82, 2.24) is 4.72 Å². The third-order valence-electron chi connectivity index (χ3n) is 5.15. The SMILES string of the molecule is C=C(C)c1coc([S+]([O-])NC(=O)Nc2c3c(cc4c2CCC4)CCC3)c1. The maximum absolute atomic E-state index is 12.5. The number of hydrogen-bond donors (Lipinski definition) is 2. The highest BCUT2D eigenvalue weighted by atomic mass is 32.2. The first-order valence-electron chi connectivity index (χ1n) is 8.93. The summed E-state index contributed by atoms with van der Waals surface area (Å²) in [5.41, 5.74) is 7.71. The number of urea groups is 1. The van der Waals surface area contributed by atoms with Gasteiger partial charge < -0.3 is 14.3 Å². The molecule has 6 heteroatoms. The fraction of sp³-hybridized carbons (Fsp3) is 0.350. The number of benzene rings is 1. The van der Waals surface area contributed by atoms with Gasteiger partial charge in [0.1, 0.15) is 17.6 Å². The van der Waals surface area contributed by atoms with E-state index in [0.29, 0.717) is 0 Å². The summed E-state index contributed by atoms with van der Waals surface area (Å²) < 4.78 is 20.1. The molecule has 2 aromatic rings. The lowest BCUT2D eigenvalue weighted by molar-refractivity contribution is 0.256. The van der Waals surface area contributed by atoms with Crippen molar-refractivity contribution in [3.05, 3.63) is 52.8 Å². The van der Waals surface area contributed by atoms with Crippen molar-refractivity contribution in [2.45, 2.75) is 50.5 Å². The molecule has 0 saturated carbocycles. The second kappa shape index (κ2) is 6.85. The summed E-state index contributed by atoms with van der Waals surface area (Å²) in [7, 11) is 0. The van der Waals surface area contributed by atoms with Gasteiger partial charge in [0.15, 0.2) is 0 Å². The number of furan rings is 1. The topological polar surface area (TPSA) is 77.3 Å². The Morgan fingerprint density at radius 2 is 1.81 bits per heavy atom. The van der Waals surface area contributed by atoms with Gasteiger partial charge in [0, 0.05) is 17.3 Å². The van der Waals surface area contributed by atoms with Crippen molar-refractivity contribution in [3.63, 3.8) is 0 Å². The van der Waals surface area contributed by atoms with Gasteiger partial charge in [-0.3, -0.25) is 0 Å². The van der Waals surface area contributed by atoms with E-state index in [9.17, 15) is 9.35 Å². The lowest BCUT2D eigenvalue weighted by Crippen LogP contribution is -2.34. The van der Waals surface area contributed by atoms with Crippen LogP contribution in [0.1, 0.15) is 47.6 Å². The van der Waals surface area contributed by atoms with Gasteiger partial charge in [0.05, 0.1) is 0 Å². The lowest BCUT2D eigenvalue weighted by Gasteiger charge is -2.16. The summed E-state index contributed by atoms with van der Waals surface area (Å²) in [6.07, 6.45) is 7.85. The third-order valence-corrected chi connectivity index (χ3v) is 6.10. The van der Waals surface area contributed by atoms with Gasteiger partial charge in [-0.15, -0.1) is 4.72 Å². The van der Waals surface area contributed by atoms with Gasteiger partial charge in [-0.05, 0) is 73.3 Å². The van der Waals surface area contributed by atoms with Gasteiger partial charge in [-0.1, -0.05) is 12.6 Å². The molecule has 1 atom stereocenters. The van der Waals surface area contributed by atoms with Gasteiger partial charge in [0.25, 0.3) is 0 Å². The largest absolute Gasteiger partial charge is 0.585 e. The monoisotopic (exact) mass is 370 g/mol. The summed E-state index contributed by atoms with van der Waals surface area (Å²) in [4.78, 5) is 12.5. The third kappa shape index (κ3) is 3.15. The number of aryl methyl sites for hydroxylation is 2. The summed E-state index contributed by atoms with van der Waals surface area (Å²) in [6, 6.07) is 3.48. The van der Waals surface area contributed by atoms with Gasteiger partial charge in [-0.2, -0.15) is 0 Å². The summed E-state index contributed by atoms with van der Waals surface area (Å²) in [6.45, 7) is 5.66. The Hall–Kier alpha value is -2.18. The highest BCUT2D eigenvalue weighted by Crippen LogP contribution is 2.38. The number of carbonyl (C=O) groups excluding carboxylic acids is 1. The average Bonchev–Trinajstić information content (AvgIpc) is 3.34. The van der Waals surface area contributed by atoms with E-state index >= 15 is 0 Å².